The summed E-state index contributed by atoms with van der Waals surface area (Å²) in [7, 11) is 0. The predicted octanol–water partition coefficient (Wildman–Crippen LogP) is 4.41. The number of benzene rings is 1. The molecule has 1 aromatic carbocycles. The van der Waals surface area contributed by atoms with Crippen LogP contribution >= 0.6 is 11.6 Å². The molecule has 1 aromatic rings. The molecule has 1 fully saturated rings. The zero-order valence-corrected chi connectivity index (χ0v) is 10.2. The Morgan fingerprint density at radius 1 is 1.25 bits per heavy atom. The van der Waals surface area contributed by atoms with Gasteiger partial charge in [-0.25, -0.2) is 4.39 Å². The molecule has 1 atom stereocenters. The maximum Gasteiger partial charge on any atom is 0.126 e. The highest BCUT2D eigenvalue weighted by atomic mass is 35.5. The Morgan fingerprint density at radius 3 is 2.56 bits per heavy atom. The largest absolute Gasteiger partial charge is 0.207 e. The summed E-state index contributed by atoms with van der Waals surface area (Å²) in [6, 6.07) is 7.06. The number of hydrogen-bond acceptors (Lipinski definition) is 0. The van der Waals surface area contributed by atoms with E-state index in [2.05, 4.69) is 0 Å². The minimum absolute atomic E-state index is 0.0874. The van der Waals surface area contributed by atoms with Crippen molar-refractivity contribution in [2.45, 2.75) is 32.1 Å². The molecule has 2 rings (SSSR count). The molecule has 0 amide bonds. The normalized spacial score (nSPS) is 18.9. The van der Waals surface area contributed by atoms with E-state index in [0.717, 1.165) is 12.0 Å². The van der Waals surface area contributed by atoms with Gasteiger partial charge in [0.1, 0.15) is 5.82 Å². The van der Waals surface area contributed by atoms with E-state index in [0.29, 0.717) is 17.7 Å². The van der Waals surface area contributed by atoms with Gasteiger partial charge in [-0.1, -0.05) is 43.9 Å². The third-order valence-electron chi connectivity index (χ3n) is 3.70. The second-order valence-corrected chi connectivity index (χ2v) is 5.06. The topological polar surface area (TPSA) is 0 Å². The molecule has 0 saturated heterocycles. The van der Waals surface area contributed by atoms with Crippen LogP contribution in [0.4, 0.5) is 4.39 Å². The second-order valence-electron chi connectivity index (χ2n) is 4.75. The van der Waals surface area contributed by atoms with Crippen LogP contribution in [0.3, 0.4) is 0 Å². The second kappa shape index (κ2) is 5.67. The first-order valence-corrected chi connectivity index (χ1v) is 6.64. The molecule has 2 heteroatoms. The minimum Gasteiger partial charge on any atom is -0.207 e. The first-order valence-electron chi connectivity index (χ1n) is 6.10. The highest BCUT2D eigenvalue weighted by molar-refractivity contribution is 6.18. The molecule has 0 bridgehead atoms. The molecule has 1 aliphatic carbocycles. The molecule has 1 aliphatic rings. The van der Waals surface area contributed by atoms with Crippen LogP contribution < -0.4 is 0 Å². The smallest absolute Gasteiger partial charge is 0.126 e. The van der Waals surface area contributed by atoms with E-state index < -0.39 is 0 Å². The third kappa shape index (κ3) is 2.76. The Morgan fingerprint density at radius 2 is 1.94 bits per heavy atom. The van der Waals surface area contributed by atoms with Crippen molar-refractivity contribution >= 4 is 11.6 Å². The molecule has 1 unspecified atom stereocenters. The van der Waals surface area contributed by atoms with Gasteiger partial charge in [0, 0.05) is 5.88 Å². The zero-order chi connectivity index (χ0) is 11.4. The van der Waals surface area contributed by atoms with Crippen molar-refractivity contribution in [3.63, 3.8) is 0 Å². The number of rotatable bonds is 4. The van der Waals surface area contributed by atoms with Crippen molar-refractivity contribution in [1.82, 2.24) is 0 Å². The van der Waals surface area contributed by atoms with Gasteiger partial charge in [-0.3, -0.25) is 0 Å². The lowest BCUT2D eigenvalue weighted by Crippen LogP contribution is -2.17. The van der Waals surface area contributed by atoms with Gasteiger partial charge < -0.3 is 0 Å². The lowest BCUT2D eigenvalue weighted by molar-refractivity contribution is 0.365. The van der Waals surface area contributed by atoms with Gasteiger partial charge in [0.2, 0.25) is 0 Å². The Kier molecular flexibility index (Phi) is 4.22. The van der Waals surface area contributed by atoms with E-state index in [9.17, 15) is 4.39 Å². The molecule has 0 aliphatic heterocycles. The molecule has 0 radical (unpaired) electrons. The van der Waals surface area contributed by atoms with Crippen LogP contribution in [-0.4, -0.2) is 5.88 Å². The highest BCUT2D eigenvalue weighted by Crippen LogP contribution is 2.34. The van der Waals surface area contributed by atoms with Crippen LogP contribution in [-0.2, 0) is 6.42 Å². The van der Waals surface area contributed by atoms with Crippen LogP contribution in [0.25, 0.3) is 0 Å². The summed E-state index contributed by atoms with van der Waals surface area (Å²) in [5.74, 6) is 1.72. The first-order chi connectivity index (χ1) is 7.81. The molecule has 0 nitrogen and oxygen atoms in total. The summed E-state index contributed by atoms with van der Waals surface area (Å²) in [5, 5.41) is 0. The molecule has 0 spiro atoms. The Labute approximate surface area is 102 Å². The van der Waals surface area contributed by atoms with E-state index in [-0.39, 0.29) is 5.82 Å². The molecule has 88 valence electrons. The van der Waals surface area contributed by atoms with Crippen molar-refractivity contribution < 1.29 is 4.39 Å². The Bertz CT molecular complexity index is 331. The zero-order valence-electron chi connectivity index (χ0n) is 9.46. The molecular formula is C14H18ClF. The molecule has 16 heavy (non-hydrogen) atoms. The lowest BCUT2D eigenvalue weighted by atomic mass is 9.87. The van der Waals surface area contributed by atoms with E-state index in [1.807, 2.05) is 12.1 Å². The first kappa shape index (κ1) is 11.9. The summed E-state index contributed by atoms with van der Waals surface area (Å²) >= 11 is 6.03. The fraction of sp³-hybridized carbons (Fsp3) is 0.571. The summed E-state index contributed by atoms with van der Waals surface area (Å²) < 4.78 is 13.5. The van der Waals surface area contributed by atoms with E-state index in [4.69, 9.17) is 11.6 Å². The van der Waals surface area contributed by atoms with Crippen LogP contribution in [0.5, 0.6) is 0 Å². The van der Waals surface area contributed by atoms with Crippen molar-refractivity contribution in [3.8, 4) is 0 Å². The number of hydrogen-bond donors (Lipinski definition) is 0. The van der Waals surface area contributed by atoms with Crippen molar-refractivity contribution in [3.05, 3.63) is 35.6 Å². The lowest BCUT2D eigenvalue weighted by Gasteiger charge is -2.21. The van der Waals surface area contributed by atoms with Crippen LogP contribution in [0.1, 0.15) is 31.2 Å². The van der Waals surface area contributed by atoms with E-state index in [1.165, 1.54) is 31.7 Å². The van der Waals surface area contributed by atoms with Gasteiger partial charge in [-0.05, 0) is 29.9 Å². The summed E-state index contributed by atoms with van der Waals surface area (Å²) in [5.41, 5.74) is 0.819. The monoisotopic (exact) mass is 240 g/mol. The molecule has 1 saturated carbocycles. The summed E-state index contributed by atoms with van der Waals surface area (Å²) in [4.78, 5) is 0. The Hall–Kier alpha value is -0.560. The van der Waals surface area contributed by atoms with Gasteiger partial charge in [0.05, 0.1) is 0 Å². The Balaban J connectivity index is 2.03. The number of halogens is 2. The van der Waals surface area contributed by atoms with Gasteiger partial charge in [0.25, 0.3) is 0 Å². The maximum atomic E-state index is 13.5. The summed E-state index contributed by atoms with van der Waals surface area (Å²) in [6.45, 7) is 0. The fourth-order valence-corrected chi connectivity index (χ4v) is 3.08. The van der Waals surface area contributed by atoms with E-state index in [1.54, 1.807) is 6.07 Å². The molecule has 0 heterocycles. The van der Waals surface area contributed by atoms with Crippen molar-refractivity contribution in [1.29, 1.82) is 0 Å². The molecule has 0 aromatic heterocycles. The average molecular weight is 241 g/mol. The SMILES string of the molecule is Fc1ccccc1CC(CCl)C1CCCC1. The van der Waals surface area contributed by atoms with Crippen LogP contribution in [0.2, 0.25) is 0 Å². The third-order valence-corrected chi connectivity index (χ3v) is 4.10. The maximum absolute atomic E-state index is 13.5. The molecular weight excluding hydrogens is 223 g/mol. The quantitative estimate of drug-likeness (QED) is 0.684. The van der Waals surface area contributed by atoms with Gasteiger partial charge in [-0.2, -0.15) is 0 Å². The summed E-state index contributed by atoms with van der Waals surface area (Å²) in [6.07, 6.45) is 5.96. The van der Waals surface area contributed by atoms with Gasteiger partial charge in [-0.15, -0.1) is 11.6 Å². The van der Waals surface area contributed by atoms with Crippen LogP contribution in [0.15, 0.2) is 24.3 Å². The number of alkyl halides is 1. The van der Waals surface area contributed by atoms with Crippen molar-refractivity contribution in [2.24, 2.45) is 11.8 Å². The standard InChI is InChI=1S/C14H18ClF/c15-10-13(11-5-1-2-6-11)9-12-7-3-4-8-14(12)16/h3-4,7-8,11,13H,1-2,5-6,9-10H2. The molecule has 0 N–H and O–H groups in total. The predicted molar refractivity (Wildman–Crippen MR) is 66.3 cm³/mol. The van der Waals surface area contributed by atoms with E-state index >= 15 is 0 Å². The van der Waals surface area contributed by atoms with Gasteiger partial charge >= 0.3 is 0 Å². The fourth-order valence-electron chi connectivity index (χ4n) is 2.72. The van der Waals surface area contributed by atoms with Gasteiger partial charge in [0.15, 0.2) is 0 Å². The van der Waals surface area contributed by atoms with Crippen LogP contribution in [0, 0.1) is 17.7 Å². The van der Waals surface area contributed by atoms with Crippen molar-refractivity contribution in [2.75, 3.05) is 5.88 Å². The minimum atomic E-state index is -0.0874. The average Bonchev–Trinajstić information content (AvgIpc) is 2.81. The highest BCUT2D eigenvalue weighted by Gasteiger charge is 2.25.